The molecule has 2 aliphatic rings. The number of nitrogens with zero attached hydrogens (tertiary/aromatic N) is 2. The van der Waals surface area contributed by atoms with Gasteiger partial charge in [0, 0.05) is 31.7 Å². The maximum Gasteiger partial charge on any atom is 0.254 e. The molecule has 2 fully saturated rings. The molecule has 156 valence electrons. The summed E-state index contributed by atoms with van der Waals surface area (Å²) in [4.78, 5) is 17.5. The Kier molecular flexibility index (Phi) is 7.33. The van der Waals surface area contributed by atoms with E-state index in [0.29, 0.717) is 13.1 Å². The second-order valence-corrected chi connectivity index (χ2v) is 8.24. The monoisotopic (exact) mass is 414 g/mol. The summed E-state index contributed by atoms with van der Waals surface area (Å²) in [5, 5.41) is 0. The molecule has 1 atom stereocenters. The molecular formula is C24H31ClN2O2. The first-order chi connectivity index (χ1) is 13.6. The Bertz CT molecular complexity index is 776. The van der Waals surface area contributed by atoms with E-state index in [2.05, 4.69) is 42.2 Å². The van der Waals surface area contributed by atoms with E-state index in [9.17, 15) is 4.79 Å². The number of carbonyl (C=O) groups excluding carboxylic acids is 1. The topological polar surface area (TPSA) is 32.8 Å². The fourth-order valence-electron chi connectivity index (χ4n) is 4.53. The third kappa shape index (κ3) is 5.39. The molecule has 0 N–H and O–H groups in total. The number of carbonyl (C=O) groups is 1. The van der Waals surface area contributed by atoms with Gasteiger partial charge in [0.15, 0.2) is 0 Å². The highest BCUT2D eigenvalue weighted by Crippen LogP contribution is 2.33. The molecule has 0 bridgehead atoms. The smallest absolute Gasteiger partial charge is 0.254 e. The van der Waals surface area contributed by atoms with Crippen molar-refractivity contribution in [2.45, 2.75) is 37.9 Å². The summed E-state index contributed by atoms with van der Waals surface area (Å²) in [6.07, 6.45) is 3.15. The molecule has 0 aromatic heterocycles. The summed E-state index contributed by atoms with van der Waals surface area (Å²) in [5.41, 5.74) is 1.97. The lowest BCUT2D eigenvalue weighted by atomic mass is 9.88. The molecule has 1 unspecified atom stereocenters. The first kappa shape index (κ1) is 21.8. The maximum atomic E-state index is 13.0. The van der Waals surface area contributed by atoms with Crippen LogP contribution in [0.25, 0.3) is 0 Å². The fourth-order valence-corrected chi connectivity index (χ4v) is 4.53. The molecular weight excluding hydrogens is 384 g/mol. The molecule has 2 aromatic rings. The Morgan fingerprint density at radius 3 is 2.31 bits per heavy atom. The largest absolute Gasteiger partial charge is 0.368 e. The van der Waals surface area contributed by atoms with E-state index < -0.39 is 0 Å². The van der Waals surface area contributed by atoms with Crippen molar-refractivity contribution in [2.24, 2.45) is 0 Å². The molecule has 29 heavy (non-hydrogen) atoms. The number of hydrogen-bond donors (Lipinski definition) is 0. The molecule has 2 saturated heterocycles. The van der Waals surface area contributed by atoms with E-state index in [0.717, 1.165) is 44.5 Å². The molecule has 1 spiro atoms. The van der Waals surface area contributed by atoms with Gasteiger partial charge in [0.2, 0.25) is 0 Å². The highest BCUT2D eigenvalue weighted by atomic mass is 35.5. The van der Waals surface area contributed by atoms with Gasteiger partial charge < -0.3 is 14.5 Å². The minimum absolute atomic E-state index is 0. The molecule has 2 aromatic carbocycles. The zero-order valence-corrected chi connectivity index (χ0v) is 17.9. The van der Waals surface area contributed by atoms with E-state index in [1.165, 1.54) is 5.56 Å². The van der Waals surface area contributed by atoms with Gasteiger partial charge in [0.25, 0.3) is 5.91 Å². The first-order valence-electron chi connectivity index (χ1n) is 10.4. The number of halogens is 1. The lowest BCUT2D eigenvalue weighted by molar-refractivity contribution is -0.161. The Morgan fingerprint density at radius 1 is 1.03 bits per heavy atom. The zero-order chi connectivity index (χ0) is 19.4. The molecule has 2 heterocycles. The fraction of sp³-hybridized carbons (Fsp3) is 0.458. The van der Waals surface area contributed by atoms with Crippen LogP contribution < -0.4 is 0 Å². The lowest BCUT2D eigenvalue weighted by Crippen LogP contribution is -2.60. The Hall–Kier alpha value is -1.88. The number of piperidine rings is 1. The summed E-state index contributed by atoms with van der Waals surface area (Å²) < 4.78 is 6.42. The van der Waals surface area contributed by atoms with Gasteiger partial charge in [0.05, 0.1) is 18.2 Å². The molecule has 5 heteroatoms. The molecule has 1 amide bonds. The summed E-state index contributed by atoms with van der Waals surface area (Å²) in [6.45, 7) is 6.63. The van der Waals surface area contributed by atoms with Gasteiger partial charge in [-0.15, -0.1) is 12.4 Å². The summed E-state index contributed by atoms with van der Waals surface area (Å²) in [5.74, 6) is 0.127. The van der Waals surface area contributed by atoms with Crippen molar-refractivity contribution in [3.8, 4) is 0 Å². The second-order valence-electron chi connectivity index (χ2n) is 8.24. The summed E-state index contributed by atoms with van der Waals surface area (Å²) in [6, 6.07) is 20.3. The van der Waals surface area contributed by atoms with Crippen LogP contribution in [0.3, 0.4) is 0 Å². The number of rotatable bonds is 4. The number of hydrogen-bond acceptors (Lipinski definition) is 3. The van der Waals surface area contributed by atoms with Gasteiger partial charge in [0.1, 0.15) is 0 Å². The number of amides is 1. The Balaban J connectivity index is 0.00000240. The average molecular weight is 415 g/mol. The average Bonchev–Trinajstić information content (AvgIpc) is 2.74. The van der Waals surface area contributed by atoms with Crippen molar-refractivity contribution in [3.63, 3.8) is 0 Å². The third-order valence-electron chi connectivity index (χ3n) is 6.04. The van der Waals surface area contributed by atoms with Gasteiger partial charge in [-0.3, -0.25) is 4.79 Å². The van der Waals surface area contributed by atoms with Crippen molar-refractivity contribution in [2.75, 3.05) is 32.7 Å². The predicted molar refractivity (Wildman–Crippen MR) is 119 cm³/mol. The van der Waals surface area contributed by atoms with Crippen molar-refractivity contribution < 1.29 is 9.53 Å². The van der Waals surface area contributed by atoms with Crippen LogP contribution in [-0.4, -0.2) is 60.1 Å². The van der Waals surface area contributed by atoms with Crippen LogP contribution in [0.2, 0.25) is 0 Å². The van der Waals surface area contributed by atoms with Crippen LogP contribution in [0.1, 0.15) is 35.7 Å². The second kappa shape index (κ2) is 9.75. The number of morpholine rings is 1. The highest BCUT2D eigenvalue weighted by molar-refractivity contribution is 5.94. The quantitative estimate of drug-likeness (QED) is 0.756. The minimum Gasteiger partial charge on any atom is -0.368 e. The first-order valence-corrected chi connectivity index (χ1v) is 10.4. The summed E-state index contributed by atoms with van der Waals surface area (Å²) >= 11 is 0. The molecule has 0 radical (unpaired) electrons. The van der Waals surface area contributed by atoms with Crippen LogP contribution in [-0.2, 0) is 11.2 Å². The predicted octanol–water partition coefficient (Wildman–Crippen LogP) is 4.05. The molecule has 0 saturated carbocycles. The number of benzene rings is 2. The normalized spacial score (nSPS) is 21.6. The van der Waals surface area contributed by atoms with Gasteiger partial charge >= 0.3 is 0 Å². The molecule has 4 nitrogen and oxygen atoms in total. The Labute approximate surface area is 180 Å². The van der Waals surface area contributed by atoms with Crippen LogP contribution in [0.4, 0.5) is 0 Å². The molecule has 2 aliphatic heterocycles. The van der Waals surface area contributed by atoms with E-state index in [1.54, 1.807) is 0 Å². The standard InChI is InChI=1S/C24H30N2O2.ClH/c1-20-18-26(23(27)22-10-6-3-7-11-22)19-24(28-20)13-16-25(17-14-24)15-12-21-8-4-2-5-9-21;/h2-11,20H,12-19H2,1H3;1H. The van der Waals surface area contributed by atoms with Crippen molar-refractivity contribution >= 4 is 18.3 Å². The number of ether oxygens (including phenoxy) is 1. The van der Waals surface area contributed by atoms with E-state index in [4.69, 9.17) is 4.74 Å². The van der Waals surface area contributed by atoms with Crippen molar-refractivity contribution in [3.05, 3.63) is 71.8 Å². The van der Waals surface area contributed by atoms with Crippen LogP contribution >= 0.6 is 12.4 Å². The van der Waals surface area contributed by atoms with Crippen molar-refractivity contribution in [1.82, 2.24) is 9.80 Å². The maximum absolute atomic E-state index is 13.0. The van der Waals surface area contributed by atoms with Crippen molar-refractivity contribution in [1.29, 1.82) is 0 Å². The van der Waals surface area contributed by atoms with Gasteiger partial charge in [-0.2, -0.15) is 0 Å². The van der Waals surface area contributed by atoms with Crippen LogP contribution in [0.15, 0.2) is 60.7 Å². The van der Waals surface area contributed by atoms with Gasteiger partial charge in [-0.05, 0) is 43.9 Å². The SMILES string of the molecule is CC1CN(C(=O)c2ccccc2)CC2(CCN(CCc3ccccc3)CC2)O1.Cl. The van der Waals surface area contributed by atoms with E-state index in [-0.39, 0.29) is 30.0 Å². The van der Waals surface area contributed by atoms with E-state index >= 15 is 0 Å². The van der Waals surface area contributed by atoms with Gasteiger partial charge in [-0.25, -0.2) is 0 Å². The number of likely N-dealkylation sites (tertiary alicyclic amines) is 1. The third-order valence-corrected chi connectivity index (χ3v) is 6.04. The lowest BCUT2D eigenvalue weighted by Gasteiger charge is -2.49. The molecule has 4 rings (SSSR count). The highest BCUT2D eigenvalue weighted by Gasteiger charge is 2.43. The summed E-state index contributed by atoms with van der Waals surface area (Å²) in [7, 11) is 0. The zero-order valence-electron chi connectivity index (χ0n) is 17.1. The molecule has 0 aliphatic carbocycles. The van der Waals surface area contributed by atoms with Crippen LogP contribution in [0, 0.1) is 0 Å². The van der Waals surface area contributed by atoms with Gasteiger partial charge in [-0.1, -0.05) is 48.5 Å². The van der Waals surface area contributed by atoms with E-state index in [1.807, 2.05) is 35.2 Å². The Morgan fingerprint density at radius 2 is 1.66 bits per heavy atom. The van der Waals surface area contributed by atoms with Crippen LogP contribution in [0.5, 0.6) is 0 Å². The minimum atomic E-state index is -0.189.